The van der Waals surface area contributed by atoms with Crippen LogP contribution in [0.3, 0.4) is 0 Å². The average molecular weight is 471 g/mol. The largest absolute Gasteiger partial charge is 0.486 e. The minimum absolute atomic E-state index is 0.0438. The van der Waals surface area contributed by atoms with E-state index in [0.29, 0.717) is 62.4 Å². The number of piperazine rings is 1. The Morgan fingerprint density at radius 2 is 1.81 bits per heavy atom. The first-order valence-electron chi connectivity index (χ1n) is 10.1. The maximum Gasteiger partial charge on any atom is 0.417 e. The fraction of sp³-hybridized carbons (Fsp3) is 0.429. The van der Waals surface area contributed by atoms with Crippen LogP contribution in [0.2, 0.25) is 5.02 Å². The minimum atomic E-state index is -4.49. The highest BCUT2D eigenvalue weighted by Gasteiger charge is 2.33. The zero-order valence-electron chi connectivity index (χ0n) is 17.3. The molecule has 2 aliphatic rings. The summed E-state index contributed by atoms with van der Waals surface area (Å²) in [6.07, 6.45) is -3.70. The molecule has 0 spiro atoms. The molecule has 172 valence electrons. The SMILES string of the molecule is CC(C(=O)Nc1ccc2c(c1)OCCO2)N1CCN(c2ncc(C(F)(F)F)cc2Cl)CC1. The van der Waals surface area contributed by atoms with Crippen molar-refractivity contribution >= 4 is 29.0 Å². The van der Waals surface area contributed by atoms with Crippen LogP contribution in [0.1, 0.15) is 12.5 Å². The third-order valence-corrected chi connectivity index (χ3v) is 5.78. The Kier molecular flexibility index (Phi) is 6.34. The van der Waals surface area contributed by atoms with Crippen LogP contribution in [0.15, 0.2) is 30.5 Å². The number of anilines is 2. The third-order valence-electron chi connectivity index (χ3n) is 5.50. The second-order valence-electron chi connectivity index (χ2n) is 7.57. The number of ether oxygens (including phenoxy) is 2. The summed E-state index contributed by atoms with van der Waals surface area (Å²) < 4.78 is 49.5. The molecular formula is C21H22ClF3N4O3. The van der Waals surface area contributed by atoms with Gasteiger partial charge in [0.1, 0.15) is 19.0 Å². The van der Waals surface area contributed by atoms with E-state index >= 15 is 0 Å². The number of pyridine rings is 1. The molecule has 1 fully saturated rings. The Morgan fingerprint density at radius 3 is 2.47 bits per heavy atom. The van der Waals surface area contributed by atoms with E-state index in [9.17, 15) is 18.0 Å². The second kappa shape index (κ2) is 9.03. The summed E-state index contributed by atoms with van der Waals surface area (Å²) in [6.45, 7) is 4.81. The number of benzene rings is 1. The van der Waals surface area contributed by atoms with Crippen molar-refractivity contribution in [1.82, 2.24) is 9.88 Å². The third kappa shape index (κ3) is 4.86. The molecule has 2 aromatic rings. The summed E-state index contributed by atoms with van der Waals surface area (Å²) >= 11 is 6.06. The topological polar surface area (TPSA) is 66.9 Å². The normalized spacial score (nSPS) is 17.7. The van der Waals surface area contributed by atoms with Gasteiger partial charge in [0.25, 0.3) is 0 Å². The molecular weight excluding hydrogens is 449 g/mol. The van der Waals surface area contributed by atoms with Crippen molar-refractivity contribution < 1.29 is 27.4 Å². The van der Waals surface area contributed by atoms with Crippen LogP contribution in [0.4, 0.5) is 24.7 Å². The molecule has 1 amide bonds. The number of carbonyl (C=O) groups excluding carboxylic acids is 1. The maximum absolute atomic E-state index is 12.8. The predicted molar refractivity (Wildman–Crippen MR) is 114 cm³/mol. The molecule has 1 aromatic heterocycles. The lowest BCUT2D eigenvalue weighted by Gasteiger charge is -2.38. The first kappa shape index (κ1) is 22.5. The predicted octanol–water partition coefficient (Wildman–Crippen LogP) is 3.67. The number of hydrogen-bond acceptors (Lipinski definition) is 6. The number of halogens is 4. The van der Waals surface area contributed by atoms with Crippen molar-refractivity contribution in [3.8, 4) is 11.5 Å². The van der Waals surface area contributed by atoms with Gasteiger partial charge in [0.05, 0.1) is 16.6 Å². The highest BCUT2D eigenvalue weighted by atomic mass is 35.5. The lowest BCUT2D eigenvalue weighted by molar-refractivity contribution is -0.137. The lowest BCUT2D eigenvalue weighted by Crippen LogP contribution is -2.53. The zero-order chi connectivity index (χ0) is 22.9. The van der Waals surface area contributed by atoms with Crippen LogP contribution in [-0.4, -0.2) is 61.2 Å². The Balaban J connectivity index is 1.34. The van der Waals surface area contributed by atoms with E-state index in [2.05, 4.69) is 10.3 Å². The van der Waals surface area contributed by atoms with Crippen molar-refractivity contribution in [2.45, 2.75) is 19.1 Å². The molecule has 0 radical (unpaired) electrons. The van der Waals surface area contributed by atoms with E-state index < -0.39 is 17.8 Å². The molecule has 3 heterocycles. The number of amides is 1. The quantitative estimate of drug-likeness (QED) is 0.735. The fourth-order valence-corrected chi connectivity index (χ4v) is 3.96. The average Bonchev–Trinajstić information content (AvgIpc) is 2.78. The molecule has 11 heteroatoms. The summed E-state index contributed by atoms with van der Waals surface area (Å²) in [7, 11) is 0. The van der Waals surface area contributed by atoms with E-state index in [-0.39, 0.29) is 10.9 Å². The number of nitrogens with one attached hydrogen (secondary N) is 1. The summed E-state index contributed by atoms with van der Waals surface area (Å²) in [5.74, 6) is 1.39. The fourth-order valence-electron chi connectivity index (χ4n) is 3.67. The van der Waals surface area contributed by atoms with Crippen molar-refractivity contribution in [2.75, 3.05) is 49.6 Å². The van der Waals surface area contributed by atoms with Gasteiger partial charge in [0.2, 0.25) is 5.91 Å². The number of fused-ring (bicyclic) bond motifs is 1. The van der Waals surface area contributed by atoms with Crippen LogP contribution >= 0.6 is 11.6 Å². The number of rotatable bonds is 4. The Hall–Kier alpha value is -2.72. The summed E-state index contributed by atoms with van der Waals surface area (Å²) in [6, 6.07) is 5.74. The van der Waals surface area contributed by atoms with Gasteiger partial charge in [0.15, 0.2) is 11.5 Å². The van der Waals surface area contributed by atoms with Gasteiger partial charge < -0.3 is 19.7 Å². The molecule has 0 saturated carbocycles. The van der Waals surface area contributed by atoms with E-state index in [4.69, 9.17) is 21.1 Å². The number of alkyl halides is 3. The Morgan fingerprint density at radius 1 is 1.12 bits per heavy atom. The second-order valence-corrected chi connectivity index (χ2v) is 7.98. The van der Waals surface area contributed by atoms with Gasteiger partial charge in [-0.05, 0) is 25.1 Å². The van der Waals surface area contributed by atoms with Crippen molar-refractivity contribution in [3.05, 3.63) is 41.0 Å². The highest BCUT2D eigenvalue weighted by molar-refractivity contribution is 6.33. The van der Waals surface area contributed by atoms with Crippen molar-refractivity contribution in [3.63, 3.8) is 0 Å². The minimum Gasteiger partial charge on any atom is -0.486 e. The highest BCUT2D eigenvalue weighted by Crippen LogP contribution is 2.34. The summed E-state index contributed by atoms with van der Waals surface area (Å²) in [5.41, 5.74) is -0.264. The summed E-state index contributed by atoms with van der Waals surface area (Å²) in [5, 5.41) is 2.85. The first-order chi connectivity index (χ1) is 15.2. The van der Waals surface area contributed by atoms with Gasteiger partial charge >= 0.3 is 6.18 Å². The monoisotopic (exact) mass is 470 g/mol. The molecule has 4 rings (SSSR count). The van der Waals surface area contributed by atoms with Gasteiger partial charge in [-0.3, -0.25) is 9.69 Å². The maximum atomic E-state index is 12.8. The van der Waals surface area contributed by atoms with Crippen LogP contribution in [-0.2, 0) is 11.0 Å². The molecule has 1 saturated heterocycles. The van der Waals surface area contributed by atoms with Crippen molar-refractivity contribution in [2.24, 2.45) is 0 Å². The standard InChI is InChI=1S/C21H22ClF3N4O3/c1-13(20(30)27-15-2-3-17-18(11-15)32-9-8-31-17)28-4-6-29(7-5-28)19-16(22)10-14(12-26-19)21(23,24)25/h2-3,10-13H,4-9H2,1H3,(H,27,30). The van der Waals surface area contributed by atoms with Crippen LogP contribution < -0.4 is 19.7 Å². The van der Waals surface area contributed by atoms with E-state index in [1.54, 1.807) is 18.2 Å². The molecule has 7 nitrogen and oxygen atoms in total. The molecule has 1 aromatic carbocycles. The number of hydrogen-bond donors (Lipinski definition) is 1. The van der Waals surface area contributed by atoms with Gasteiger partial charge in [-0.25, -0.2) is 4.98 Å². The number of aromatic nitrogens is 1. The molecule has 0 aliphatic carbocycles. The van der Waals surface area contributed by atoms with Gasteiger partial charge in [0, 0.05) is 44.1 Å². The molecule has 0 bridgehead atoms. The van der Waals surface area contributed by atoms with E-state index in [0.717, 1.165) is 12.3 Å². The van der Waals surface area contributed by atoms with Gasteiger partial charge in [-0.15, -0.1) is 0 Å². The first-order valence-corrected chi connectivity index (χ1v) is 10.5. The van der Waals surface area contributed by atoms with Gasteiger partial charge in [-0.1, -0.05) is 11.6 Å². The molecule has 2 aliphatic heterocycles. The lowest BCUT2D eigenvalue weighted by atomic mass is 10.2. The molecule has 1 N–H and O–H groups in total. The van der Waals surface area contributed by atoms with E-state index in [1.165, 1.54) is 0 Å². The molecule has 1 atom stereocenters. The van der Waals surface area contributed by atoms with Crippen molar-refractivity contribution in [1.29, 1.82) is 0 Å². The van der Waals surface area contributed by atoms with Crippen LogP contribution in [0.5, 0.6) is 11.5 Å². The molecule has 1 unspecified atom stereocenters. The van der Waals surface area contributed by atoms with Crippen LogP contribution in [0, 0.1) is 0 Å². The van der Waals surface area contributed by atoms with Crippen LogP contribution in [0.25, 0.3) is 0 Å². The zero-order valence-corrected chi connectivity index (χ0v) is 18.0. The number of nitrogens with zero attached hydrogens (tertiary/aromatic N) is 3. The smallest absolute Gasteiger partial charge is 0.417 e. The van der Waals surface area contributed by atoms with Gasteiger partial charge in [-0.2, -0.15) is 13.2 Å². The summed E-state index contributed by atoms with van der Waals surface area (Å²) in [4.78, 5) is 20.5. The Bertz CT molecular complexity index is 997. The van der Waals surface area contributed by atoms with E-state index in [1.807, 2.05) is 16.7 Å². The Labute approximate surface area is 188 Å². The number of carbonyl (C=O) groups is 1. The molecule has 32 heavy (non-hydrogen) atoms.